The molecular weight excluding hydrogens is 144 g/mol. The average Bonchev–Trinajstić information content (AvgIpc) is 1.98. The molecule has 2 N–H and O–H groups in total. The highest BCUT2D eigenvalue weighted by Crippen LogP contribution is 2.01. The van der Waals surface area contributed by atoms with Crippen LogP contribution in [-0.4, -0.2) is 48.2 Å². The molecule has 0 bridgehead atoms. The van der Waals surface area contributed by atoms with Crippen molar-refractivity contribution in [2.45, 2.75) is 13.0 Å². The Labute approximate surface area is 66.2 Å². The van der Waals surface area contributed by atoms with Crippen LogP contribution in [0.3, 0.4) is 0 Å². The summed E-state index contributed by atoms with van der Waals surface area (Å²) in [4.78, 5) is 12.8. The Morgan fingerprint density at radius 3 is 3.18 bits per heavy atom. The molecule has 0 unspecified atom stereocenters. The second kappa shape index (κ2) is 3.69. The minimum absolute atomic E-state index is 0.0524. The summed E-state index contributed by atoms with van der Waals surface area (Å²) >= 11 is 0. The summed E-state index contributed by atoms with van der Waals surface area (Å²) in [6.07, 6.45) is 0. The van der Waals surface area contributed by atoms with Gasteiger partial charge < -0.3 is 10.4 Å². The molecule has 0 spiro atoms. The SMILES string of the molecule is C[C@@H]1CNC(=O)CN1CCO. The number of aliphatic hydroxyl groups excluding tert-OH is 1. The van der Waals surface area contributed by atoms with E-state index in [0.717, 1.165) is 0 Å². The Morgan fingerprint density at radius 2 is 2.55 bits per heavy atom. The topological polar surface area (TPSA) is 52.6 Å². The van der Waals surface area contributed by atoms with Crippen LogP contribution in [0, 0.1) is 0 Å². The number of amides is 1. The molecule has 0 aromatic heterocycles. The van der Waals surface area contributed by atoms with E-state index in [4.69, 9.17) is 5.11 Å². The van der Waals surface area contributed by atoms with Crippen molar-refractivity contribution >= 4 is 5.91 Å². The van der Waals surface area contributed by atoms with E-state index in [1.165, 1.54) is 0 Å². The van der Waals surface area contributed by atoms with Crippen LogP contribution in [0.15, 0.2) is 0 Å². The van der Waals surface area contributed by atoms with Gasteiger partial charge in [-0.3, -0.25) is 9.69 Å². The molecule has 1 saturated heterocycles. The Kier molecular flexibility index (Phi) is 2.84. The average molecular weight is 158 g/mol. The molecule has 1 heterocycles. The lowest BCUT2D eigenvalue weighted by molar-refractivity contribution is -0.125. The van der Waals surface area contributed by atoms with Gasteiger partial charge in [-0.1, -0.05) is 0 Å². The van der Waals surface area contributed by atoms with Gasteiger partial charge >= 0.3 is 0 Å². The summed E-state index contributed by atoms with van der Waals surface area (Å²) in [6, 6.07) is 0.347. The highest BCUT2D eigenvalue weighted by Gasteiger charge is 2.21. The molecule has 0 saturated carbocycles. The predicted octanol–water partition coefficient (Wildman–Crippen LogP) is -1.20. The molecule has 1 amide bonds. The van der Waals surface area contributed by atoms with E-state index < -0.39 is 0 Å². The van der Waals surface area contributed by atoms with Crippen LogP contribution >= 0.6 is 0 Å². The first kappa shape index (κ1) is 8.49. The number of carbonyl (C=O) groups excluding carboxylic acids is 1. The van der Waals surface area contributed by atoms with Gasteiger partial charge in [0.15, 0.2) is 0 Å². The van der Waals surface area contributed by atoms with Crippen molar-refractivity contribution in [3.05, 3.63) is 0 Å². The highest BCUT2D eigenvalue weighted by molar-refractivity contribution is 5.78. The molecule has 1 atom stereocenters. The lowest BCUT2D eigenvalue weighted by Gasteiger charge is -2.32. The zero-order valence-corrected chi connectivity index (χ0v) is 6.71. The van der Waals surface area contributed by atoms with Gasteiger partial charge in [0.1, 0.15) is 0 Å². The van der Waals surface area contributed by atoms with E-state index in [-0.39, 0.29) is 12.5 Å². The lowest BCUT2D eigenvalue weighted by atomic mass is 10.2. The third-order valence-corrected chi connectivity index (χ3v) is 1.95. The minimum atomic E-state index is 0.0524. The van der Waals surface area contributed by atoms with Gasteiger partial charge in [0.05, 0.1) is 13.2 Å². The van der Waals surface area contributed by atoms with Crippen molar-refractivity contribution in [3.8, 4) is 0 Å². The maximum atomic E-state index is 10.9. The molecular formula is C7H14N2O2. The summed E-state index contributed by atoms with van der Waals surface area (Å²) in [5, 5.41) is 11.4. The Balaban J connectivity index is 2.40. The van der Waals surface area contributed by atoms with E-state index in [1.54, 1.807) is 0 Å². The number of piperazine rings is 1. The molecule has 0 aliphatic carbocycles. The Hall–Kier alpha value is -0.610. The van der Waals surface area contributed by atoms with Crippen molar-refractivity contribution in [1.29, 1.82) is 0 Å². The first-order chi connectivity index (χ1) is 5.24. The summed E-state index contributed by atoms with van der Waals surface area (Å²) in [6.45, 7) is 3.86. The maximum absolute atomic E-state index is 10.9. The van der Waals surface area contributed by atoms with Gasteiger partial charge in [-0.15, -0.1) is 0 Å². The van der Waals surface area contributed by atoms with Crippen molar-refractivity contribution in [2.24, 2.45) is 0 Å². The number of hydrogen-bond donors (Lipinski definition) is 2. The van der Waals surface area contributed by atoms with Crippen LogP contribution < -0.4 is 5.32 Å². The molecule has 0 aromatic rings. The molecule has 0 aromatic carbocycles. The number of rotatable bonds is 2. The number of nitrogens with one attached hydrogen (secondary N) is 1. The fourth-order valence-electron chi connectivity index (χ4n) is 1.21. The zero-order valence-electron chi connectivity index (χ0n) is 6.71. The van der Waals surface area contributed by atoms with Gasteiger partial charge in [-0.2, -0.15) is 0 Å². The van der Waals surface area contributed by atoms with Crippen molar-refractivity contribution in [2.75, 3.05) is 26.2 Å². The van der Waals surface area contributed by atoms with Gasteiger partial charge in [0.2, 0.25) is 5.91 Å². The van der Waals surface area contributed by atoms with Crippen LogP contribution in [0.5, 0.6) is 0 Å². The summed E-state index contributed by atoms with van der Waals surface area (Å²) < 4.78 is 0. The summed E-state index contributed by atoms with van der Waals surface area (Å²) in [5.41, 5.74) is 0. The third-order valence-electron chi connectivity index (χ3n) is 1.95. The van der Waals surface area contributed by atoms with E-state index in [0.29, 0.717) is 25.7 Å². The molecule has 1 aliphatic heterocycles. The summed E-state index contributed by atoms with van der Waals surface area (Å²) in [7, 11) is 0. The third kappa shape index (κ3) is 2.17. The molecule has 4 heteroatoms. The minimum Gasteiger partial charge on any atom is -0.395 e. The second-order valence-corrected chi connectivity index (χ2v) is 2.85. The highest BCUT2D eigenvalue weighted by atomic mass is 16.3. The van der Waals surface area contributed by atoms with Crippen LogP contribution in [0.25, 0.3) is 0 Å². The second-order valence-electron chi connectivity index (χ2n) is 2.85. The zero-order chi connectivity index (χ0) is 8.27. The molecule has 1 aliphatic rings. The number of nitrogens with zero attached hydrogens (tertiary/aromatic N) is 1. The van der Waals surface area contributed by atoms with Crippen molar-refractivity contribution < 1.29 is 9.90 Å². The first-order valence-corrected chi connectivity index (χ1v) is 3.85. The standard InChI is InChI=1S/C7H14N2O2/c1-6-4-8-7(11)5-9(6)2-3-10/h6,10H,2-5H2,1H3,(H,8,11)/t6-/m1/s1. The normalized spacial score (nSPS) is 26.7. The van der Waals surface area contributed by atoms with Crippen LogP contribution in [-0.2, 0) is 4.79 Å². The van der Waals surface area contributed by atoms with Gasteiger partial charge in [0, 0.05) is 19.1 Å². The van der Waals surface area contributed by atoms with Crippen LogP contribution in [0.1, 0.15) is 6.92 Å². The molecule has 64 valence electrons. The Bertz CT molecular complexity index is 149. The fourth-order valence-corrected chi connectivity index (χ4v) is 1.21. The smallest absolute Gasteiger partial charge is 0.234 e. The van der Waals surface area contributed by atoms with Gasteiger partial charge in [-0.05, 0) is 6.92 Å². The molecule has 4 nitrogen and oxygen atoms in total. The molecule has 11 heavy (non-hydrogen) atoms. The molecule has 1 fully saturated rings. The van der Waals surface area contributed by atoms with E-state index in [9.17, 15) is 4.79 Å². The quantitative estimate of drug-likeness (QED) is 0.530. The lowest BCUT2D eigenvalue weighted by Crippen LogP contribution is -2.53. The number of β-amino-alcohol motifs (C(OH)–C–C–N with tert-alkyl or cyclic N) is 1. The van der Waals surface area contributed by atoms with E-state index in [1.807, 2.05) is 11.8 Å². The van der Waals surface area contributed by atoms with Crippen LogP contribution in [0.4, 0.5) is 0 Å². The molecule has 0 radical (unpaired) electrons. The maximum Gasteiger partial charge on any atom is 0.234 e. The van der Waals surface area contributed by atoms with Crippen molar-refractivity contribution in [3.63, 3.8) is 0 Å². The fraction of sp³-hybridized carbons (Fsp3) is 0.857. The van der Waals surface area contributed by atoms with E-state index in [2.05, 4.69) is 5.32 Å². The van der Waals surface area contributed by atoms with E-state index >= 15 is 0 Å². The van der Waals surface area contributed by atoms with Crippen LogP contribution in [0.2, 0.25) is 0 Å². The molecule has 1 rings (SSSR count). The number of aliphatic hydroxyl groups is 1. The van der Waals surface area contributed by atoms with Gasteiger partial charge in [0.25, 0.3) is 0 Å². The van der Waals surface area contributed by atoms with Gasteiger partial charge in [-0.25, -0.2) is 0 Å². The number of hydrogen-bond acceptors (Lipinski definition) is 3. The monoisotopic (exact) mass is 158 g/mol. The largest absolute Gasteiger partial charge is 0.395 e. The predicted molar refractivity (Wildman–Crippen MR) is 41.1 cm³/mol. The Morgan fingerprint density at radius 1 is 1.82 bits per heavy atom. The number of carbonyl (C=O) groups is 1. The summed E-state index contributed by atoms with van der Waals surface area (Å²) in [5.74, 6) is 0.0524. The van der Waals surface area contributed by atoms with Crippen molar-refractivity contribution in [1.82, 2.24) is 10.2 Å². The first-order valence-electron chi connectivity index (χ1n) is 3.85.